The lowest BCUT2D eigenvalue weighted by atomic mass is 9.98. The van der Waals surface area contributed by atoms with Crippen LogP contribution in [-0.4, -0.2) is 7.05 Å². The van der Waals surface area contributed by atoms with Gasteiger partial charge in [-0.05, 0) is 50.9 Å². The zero-order valence-corrected chi connectivity index (χ0v) is 11.4. The standard InChI is InChI=1S/C15H21NO/c1-6-12-13(8-16-5)17-15-11(4)9(2)7-10(3)14(12)15/h7,16H,6,8H2,1-5H3. The largest absolute Gasteiger partial charge is 0.459 e. The van der Waals surface area contributed by atoms with Crippen LogP contribution in [0.25, 0.3) is 11.0 Å². The van der Waals surface area contributed by atoms with Gasteiger partial charge in [0.15, 0.2) is 0 Å². The van der Waals surface area contributed by atoms with Crippen molar-refractivity contribution in [1.29, 1.82) is 0 Å². The molecule has 1 N–H and O–H groups in total. The third-order valence-corrected chi connectivity index (χ3v) is 3.54. The van der Waals surface area contributed by atoms with Crippen LogP contribution in [0.2, 0.25) is 0 Å². The molecule has 2 rings (SSSR count). The zero-order chi connectivity index (χ0) is 12.6. The summed E-state index contributed by atoms with van der Waals surface area (Å²) in [6.45, 7) is 9.46. The summed E-state index contributed by atoms with van der Waals surface area (Å²) in [5.74, 6) is 1.09. The predicted molar refractivity (Wildman–Crippen MR) is 72.6 cm³/mol. The second-order valence-corrected chi connectivity index (χ2v) is 4.73. The van der Waals surface area contributed by atoms with Crippen LogP contribution in [0, 0.1) is 20.8 Å². The molecule has 1 aromatic heterocycles. The number of hydrogen-bond acceptors (Lipinski definition) is 2. The number of fused-ring (bicyclic) bond motifs is 1. The van der Waals surface area contributed by atoms with Crippen LogP contribution >= 0.6 is 0 Å². The van der Waals surface area contributed by atoms with E-state index in [-0.39, 0.29) is 0 Å². The third kappa shape index (κ3) is 1.87. The van der Waals surface area contributed by atoms with E-state index < -0.39 is 0 Å². The second-order valence-electron chi connectivity index (χ2n) is 4.73. The van der Waals surface area contributed by atoms with E-state index in [0.29, 0.717) is 0 Å². The molecular weight excluding hydrogens is 210 g/mol. The number of rotatable bonds is 3. The Hall–Kier alpha value is -1.28. The molecule has 0 aliphatic heterocycles. The fourth-order valence-corrected chi connectivity index (χ4v) is 2.55. The second kappa shape index (κ2) is 4.53. The van der Waals surface area contributed by atoms with Crippen molar-refractivity contribution in [2.45, 2.75) is 40.7 Å². The highest BCUT2D eigenvalue weighted by Crippen LogP contribution is 2.33. The molecule has 2 heteroatoms. The van der Waals surface area contributed by atoms with Gasteiger partial charge in [0.05, 0.1) is 6.54 Å². The molecule has 0 fully saturated rings. The highest BCUT2D eigenvalue weighted by atomic mass is 16.3. The van der Waals surface area contributed by atoms with Gasteiger partial charge in [0.25, 0.3) is 0 Å². The van der Waals surface area contributed by atoms with Gasteiger partial charge in [-0.2, -0.15) is 0 Å². The highest BCUT2D eigenvalue weighted by Gasteiger charge is 2.16. The van der Waals surface area contributed by atoms with Gasteiger partial charge in [-0.25, -0.2) is 0 Å². The number of hydrogen-bond donors (Lipinski definition) is 1. The van der Waals surface area contributed by atoms with E-state index in [9.17, 15) is 0 Å². The first kappa shape index (κ1) is 12.2. The Morgan fingerprint density at radius 3 is 2.47 bits per heavy atom. The van der Waals surface area contributed by atoms with Gasteiger partial charge in [0.1, 0.15) is 11.3 Å². The minimum absolute atomic E-state index is 0.801. The molecule has 0 unspecified atom stereocenters. The van der Waals surface area contributed by atoms with Gasteiger partial charge in [0, 0.05) is 10.9 Å². The molecule has 2 nitrogen and oxygen atoms in total. The maximum atomic E-state index is 6.06. The lowest BCUT2D eigenvalue weighted by Gasteiger charge is -2.04. The Morgan fingerprint density at radius 2 is 1.88 bits per heavy atom. The van der Waals surface area contributed by atoms with Crippen LogP contribution in [0.5, 0.6) is 0 Å². The first-order valence-corrected chi connectivity index (χ1v) is 6.25. The van der Waals surface area contributed by atoms with E-state index in [0.717, 1.165) is 24.3 Å². The first-order valence-electron chi connectivity index (χ1n) is 6.25. The molecular formula is C15H21NO. The van der Waals surface area contributed by atoms with Crippen molar-refractivity contribution in [3.05, 3.63) is 34.1 Å². The SMILES string of the molecule is CCc1c(CNC)oc2c(C)c(C)cc(C)c12. The lowest BCUT2D eigenvalue weighted by molar-refractivity contribution is 0.523. The molecule has 0 bridgehead atoms. The van der Waals surface area contributed by atoms with Crippen molar-refractivity contribution in [3.63, 3.8) is 0 Å². The molecule has 0 amide bonds. The van der Waals surface area contributed by atoms with Crippen LogP contribution in [0.4, 0.5) is 0 Å². The molecule has 2 aromatic rings. The Morgan fingerprint density at radius 1 is 1.18 bits per heavy atom. The van der Waals surface area contributed by atoms with E-state index in [1.54, 1.807) is 0 Å². The summed E-state index contributed by atoms with van der Waals surface area (Å²) in [6, 6.07) is 2.26. The molecule has 0 atom stereocenters. The van der Waals surface area contributed by atoms with E-state index in [1.807, 2.05) is 7.05 Å². The zero-order valence-electron chi connectivity index (χ0n) is 11.4. The molecule has 0 aliphatic carbocycles. The Balaban J connectivity index is 2.81. The van der Waals surface area contributed by atoms with Gasteiger partial charge in [-0.15, -0.1) is 0 Å². The number of nitrogens with one attached hydrogen (secondary N) is 1. The summed E-state index contributed by atoms with van der Waals surface area (Å²) >= 11 is 0. The lowest BCUT2D eigenvalue weighted by Crippen LogP contribution is -2.05. The summed E-state index contributed by atoms with van der Waals surface area (Å²) in [5.41, 5.74) is 6.33. The minimum Gasteiger partial charge on any atom is -0.459 e. The molecule has 17 heavy (non-hydrogen) atoms. The van der Waals surface area contributed by atoms with Gasteiger partial charge >= 0.3 is 0 Å². The summed E-state index contributed by atoms with van der Waals surface area (Å²) in [6.07, 6.45) is 1.02. The average Bonchev–Trinajstić information content (AvgIpc) is 2.65. The fourth-order valence-electron chi connectivity index (χ4n) is 2.55. The van der Waals surface area contributed by atoms with Crippen molar-refractivity contribution < 1.29 is 4.42 Å². The van der Waals surface area contributed by atoms with Gasteiger partial charge in [-0.1, -0.05) is 13.0 Å². The van der Waals surface area contributed by atoms with E-state index in [1.165, 1.54) is 27.6 Å². The van der Waals surface area contributed by atoms with E-state index >= 15 is 0 Å². The predicted octanol–water partition coefficient (Wildman–Crippen LogP) is 3.64. The fraction of sp³-hybridized carbons (Fsp3) is 0.467. The maximum Gasteiger partial charge on any atom is 0.138 e. The van der Waals surface area contributed by atoms with Crippen molar-refractivity contribution in [3.8, 4) is 0 Å². The normalized spacial score (nSPS) is 11.4. The van der Waals surface area contributed by atoms with Gasteiger partial charge in [0.2, 0.25) is 0 Å². The van der Waals surface area contributed by atoms with Gasteiger partial charge in [-0.3, -0.25) is 0 Å². The van der Waals surface area contributed by atoms with Crippen LogP contribution in [-0.2, 0) is 13.0 Å². The Kier molecular flexibility index (Phi) is 3.25. The first-order chi connectivity index (χ1) is 8.10. The van der Waals surface area contributed by atoms with Crippen LogP contribution in [0.1, 0.15) is 34.9 Å². The van der Waals surface area contributed by atoms with Crippen molar-refractivity contribution in [2.75, 3.05) is 7.05 Å². The monoisotopic (exact) mass is 231 g/mol. The Bertz CT molecular complexity index is 552. The molecule has 0 saturated carbocycles. The van der Waals surface area contributed by atoms with Crippen LogP contribution < -0.4 is 5.32 Å². The Labute approximate surface area is 103 Å². The van der Waals surface area contributed by atoms with E-state index in [2.05, 4.69) is 39.1 Å². The highest BCUT2D eigenvalue weighted by molar-refractivity contribution is 5.89. The molecule has 0 spiro atoms. The average molecular weight is 231 g/mol. The summed E-state index contributed by atoms with van der Waals surface area (Å²) in [4.78, 5) is 0. The summed E-state index contributed by atoms with van der Waals surface area (Å²) < 4.78 is 6.06. The maximum absolute atomic E-state index is 6.06. The molecule has 1 aromatic carbocycles. The molecule has 0 aliphatic rings. The van der Waals surface area contributed by atoms with Crippen LogP contribution in [0.15, 0.2) is 10.5 Å². The molecule has 1 heterocycles. The molecule has 92 valence electrons. The number of furan rings is 1. The summed E-state index contributed by atoms with van der Waals surface area (Å²) in [5, 5.41) is 4.50. The topological polar surface area (TPSA) is 25.2 Å². The van der Waals surface area contributed by atoms with Gasteiger partial charge < -0.3 is 9.73 Å². The number of benzene rings is 1. The van der Waals surface area contributed by atoms with Crippen molar-refractivity contribution in [1.82, 2.24) is 5.32 Å². The minimum atomic E-state index is 0.801. The third-order valence-electron chi connectivity index (χ3n) is 3.54. The molecule has 0 saturated heterocycles. The quantitative estimate of drug-likeness (QED) is 0.872. The van der Waals surface area contributed by atoms with E-state index in [4.69, 9.17) is 4.42 Å². The number of aryl methyl sites for hydroxylation is 4. The smallest absolute Gasteiger partial charge is 0.138 e. The molecule has 0 radical (unpaired) electrons. The van der Waals surface area contributed by atoms with Crippen molar-refractivity contribution in [2.24, 2.45) is 0 Å². The van der Waals surface area contributed by atoms with Crippen LogP contribution in [0.3, 0.4) is 0 Å². The van der Waals surface area contributed by atoms with Crippen molar-refractivity contribution >= 4 is 11.0 Å². The summed E-state index contributed by atoms with van der Waals surface area (Å²) in [7, 11) is 1.96.